The molecule has 2 amide bonds. The van der Waals surface area contributed by atoms with Crippen LogP contribution in [0.15, 0.2) is 0 Å². The van der Waals surface area contributed by atoms with E-state index in [-0.39, 0.29) is 6.03 Å². The Labute approximate surface area is 72.5 Å². The lowest BCUT2D eigenvalue weighted by Crippen LogP contribution is -2.41. The summed E-state index contributed by atoms with van der Waals surface area (Å²) in [5.74, 6) is 0.976. The molecule has 0 rings (SSSR count). The molecule has 3 nitrogen and oxygen atoms in total. The monoisotopic (exact) mass is 176 g/mol. The van der Waals surface area contributed by atoms with Crippen LogP contribution in [0.2, 0.25) is 0 Å². The van der Waals surface area contributed by atoms with Gasteiger partial charge in [0.1, 0.15) is 0 Å². The van der Waals surface area contributed by atoms with Gasteiger partial charge in [0.2, 0.25) is 0 Å². The van der Waals surface area contributed by atoms with Crippen molar-refractivity contribution in [3.63, 3.8) is 0 Å². The lowest BCUT2D eigenvalue weighted by Gasteiger charge is -2.23. The van der Waals surface area contributed by atoms with Gasteiger partial charge in [-0.25, -0.2) is 4.79 Å². The number of rotatable bonds is 3. The third-order valence-electron chi connectivity index (χ3n) is 1.60. The maximum Gasteiger partial charge on any atom is 0.317 e. The van der Waals surface area contributed by atoms with Crippen molar-refractivity contribution >= 4 is 17.8 Å². The van der Waals surface area contributed by atoms with E-state index in [1.807, 2.05) is 13.2 Å². The standard InChI is InChI=1S/C7H16N2OS/c1-6(5-11-4)9(3)7(10)8-2/h6H,5H2,1-4H3,(H,8,10). The summed E-state index contributed by atoms with van der Waals surface area (Å²) in [6.07, 6.45) is 2.04. The van der Waals surface area contributed by atoms with Gasteiger partial charge in [-0.3, -0.25) is 0 Å². The highest BCUT2D eigenvalue weighted by Crippen LogP contribution is 2.02. The normalized spacial score (nSPS) is 12.4. The molecule has 0 aliphatic carbocycles. The molecule has 0 aromatic carbocycles. The van der Waals surface area contributed by atoms with Gasteiger partial charge < -0.3 is 10.2 Å². The highest BCUT2D eigenvalue weighted by Gasteiger charge is 2.12. The molecule has 1 N–H and O–H groups in total. The van der Waals surface area contributed by atoms with Gasteiger partial charge in [-0.05, 0) is 13.2 Å². The van der Waals surface area contributed by atoms with Crippen molar-refractivity contribution in [1.82, 2.24) is 10.2 Å². The molecular weight excluding hydrogens is 160 g/mol. The van der Waals surface area contributed by atoms with Crippen LogP contribution >= 0.6 is 11.8 Å². The molecule has 0 fully saturated rings. The second kappa shape index (κ2) is 5.29. The van der Waals surface area contributed by atoms with Gasteiger partial charge in [0.05, 0.1) is 0 Å². The molecule has 0 aromatic rings. The number of thioether (sulfide) groups is 1. The zero-order valence-corrected chi connectivity index (χ0v) is 8.36. The lowest BCUT2D eigenvalue weighted by atomic mass is 10.3. The number of carbonyl (C=O) groups excluding carboxylic acids is 1. The molecule has 0 bridgehead atoms. The summed E-state index contributed by atoms with van der Waals surface area (Å²) in [5.41, 5.74) is 0. The minimum absolute atomic E-state index is 0.0217. The molecule has 0 aliphatic rings. The minimum atomic E-state index is -0.0217. The SMILES string of the molecule is CNC(=O)N(C)C(C)CSC. The summed E-state index contributed by atoms with van der Waals surface area (Å²) in [7, 11) is 3.45. The van der Waals surface area contributed by atoms with Crippen molar-refractivity contribution in [1.29, 1.82) is 0 Å². The van der Waals surface area contributed by atoms with Crippen LogP contribution in [0.25, 0.3) is 0 Å². The van der Waals surface area contributed by atoms with Crippen LogP contribution < -0.4 is 5.32 Å². The van der Waals surface area contributed by atoms with E-state index in [0.29, 0.717) is 6.04 Å². The number of amides is 2. The molecule has 0 saturated heterocycles. The van der Waals surface area contributed by atoms with E-state index in [4.69, 9.17) is 0 Å². The molecule has 66 valence electrons. The van der Waals surface area contributed by atoms with E-state index >= 15 is 0 Å². The summed E-state index contributed by atoms with van der Waals surface area (Å²) in [5, 5.41) is 2.58. The molecule has 4 heteroatoms. The predicted molar refractivity (Wildman–Crippen MR) is 50.1 cm³/mol. The van der Waals surface area contributed by atoms with Crippen LogP contribution in [0.5, 0.6) is 0 Å². The number of hydrogen-bond acceptors (Lipinski definition) is 2. The fourth-order valence-electron chi connectivity index (χ4n) is 0.730. The van der Waals surface area contributed by atoms with E-state index in [9.17, 15) is 4.79 Å². The summed E-state index contributed by atoms with van der Waals surface area (Å²) in [6.45, 7) is 2.03. The molecule has 1 atom stereocenters. The smallest absolute Gasteiger partial charge is 0.317 e. The first-order valence-corrected chi connectivity index (χ1v) is 4.96. The maximum atomic E-state index is 11.0. The second-order valence-electron chi connectivity index (χ2n) is 2.47. The summed E-state index contributed by atoms with van der Waals surface area (Å²) >= 11 is 1.74. The number of nitrogens with zero attached hydrogens (tertiary/aromatic N) is 1. The van der Waals surface area contributed by atoms with Crippen molar-refractivity contribution in [3.05, 3.63) is 0 Å². The van der Waals surface area contributed by atoms with Gasteiger partial charge in [-0.15, -0.1) is 0 Å². The van der Waals surface area contributed by atoms with E-state index in [1.54, 1.807) is 30.8 Å². The molecular formula is C7H16N2OS. The Morgan fingerprint density at radius 2 is 2.27 bits per heavy atom. The zero-order chi connectivity index (χ0) is 8.85. The van der Waals surface area contributed by atoms with Gasteiger partial charge in [0.25, 0.3) is 0 Å². The lowest BCUT2D eigenvalue weighted by molar-refractivity contribution is 0.201. The van der Waals surface area contributed by atoms with E-state index < -0.39 is 0 Å². The summed E-state index contributed by atoms with van der Waals surface area (Å²) in [6, 6.07) is 0.275. The molecule has 0 aliphatic heterocycles. The van der Waals surface area contributed by atoms with Crippen molar-refractivity contribution < 1.29 is 4.79 Å². The Hall–Kier alpha value is -0.380. The first-order chi connectivity index (χ1) is 5.13. The average Bonchev–Trinajstić information content (AvgIpc) is 2.02. The highest BCUT2D eigenvalue weighted by molar-refractivity contribution is 7.98. The minimum Gasteiger partial charge on any atom is -0.341 e. The Kier molecular flexibility index (Phi) is 5.11. The molecule has 0 saturated carbocycles. The Morgan fingerprint density at radius 1 is 1.73 bits per heavy atom. The molecule has 0 spiro atoms. The third-order valence-corrected chi connectivity index (χ3v) is 2.42. The average molecular weight is 176 g/mol. The number of nitrogens with one attached hydrogen (secondary N) is 1. The van der Waals surface area contributed by atoms with Crippen molar-refractivity contribution in [2.75, 3.05) is 26.1 Å². The van der Waals surface area contributed by atoms with Gasteiger partial charge in [-0.1, -0.05) is 0 Å². The summed E-state index contributed by atoms with van der Waals surface area (Å²) < 4.78 is 0. The van der Waals surface area contributed by atoms with Crippen molar-refractivity contribution in [3.8, 4) is 0 Å². The van der Waals surface area contributed by atoms with Crippen molar-refractivity contribution in [2.24, 2.45) is 0 Å². The topological polar surface area (TPSA) is 32.3 Å². The Bertz CT molecular complexity index is 130. The van der Waals surface area contributed by atoms with E-state index in [1.165, 1.54) is 0 Å². The molecule has 0 heterocycles. The number of urea groups is 1. The Balaban J connectivity index is 3.80. The number of hydrogen-bond donors (Lipinski definition) is 1. The van der Waals surface area contributed by atoms with Gasteiger partial charge in [-0.2, -0.15) is 11.8 Å². The van der Waals surface area contributed by atoms with Crippen LogP contribution in [-0.2, 0) is 0 Å². The third kappa shape index (κ3) is 3.51. The summed E-state index contributed by atoms with van der Waals surface area (Å²) in [4.78, 5) is 12.7. The van der Waals surface area contributed by atoms with Gasteiger partial charge >= 0.3 is 6.03 Å². The molecule has 0 aromatic heterocycles. The van der Waals surface area contributed by atoms with Crippen LogP contribution in [0.1, 0.15) is 6.92 Å². The second-order valence-corrected chi connectivity index (χ2v) is 3.38. The van der Waals surface area contributed by atoms with E-state index in [2.05, 4.69) is 5.32 Å². The van der Waals surface area contributed by atoms with Crippen LogP contribution in [0.3, 0.4) is 0 Å². The predicted octanol–water partition coefficient (Wildman–Crippen LogP) is 1.01. The number of carbonyl (C=O) groups is 1. The van der Waals surface area contributed by atoms with Crippen LogP contribution in [-0.4, -0.2) is 43.1 Å². The molecule has 0 radical (unpaired) electrons. The Morgan fingerprint density at radius 3 is 2.64 bits per heavy atom. The molecule has 1 unspecified atom stereocenters. The first-order valence-electron chi connectivity index (χ1n) is 3.57. The van der Waals surface area contributed by atoms with Crippen LogP contribution in [0, 0.1) is 0 Å². The maximum absolute atomic E-state index is 11.0. The quantitative estimate of drug-likeness (QED) is 0.696. The zero-order valence-electron chi connectivity index (χ0n) is 7.55. The molecule has 11 heavy (non-hydrogen) atoms. The van der Waals surface area contributed by atoms with Crippen LogP contribution in [0.4, 0.5) is 4.79 Å². The van der Waals surface area contributed by atoms with Gasteiger partial charge in [0.15, 0.2) is 0 Å². The van der Waals surface area contributed by atoms with Gasteiger partial charge in [0, 0.05) is 25.9 Å². The van der Waals surface area contributed by atoms with Crippen molar-refractivity contribution in [2.45, 2.75) is 13.0 Å². The fourth-order valence-corrected chi connectivity index (χ4v) is 1.44. The highest BCUT2D eigenvalue weighted by atomic mass is 32.2. The first kappa shape index (κ1) is 10.6. The largest absolute Gasteiger partial charge is 0.341 e. The van der Waals surface area contributed by atoms with E-state index in [0.717, 1.165) is 5.75 Å². The fraction of sp³-hybridized carbons (Fsp3) is 0.857.